The summed E-state index contributed by atoms with van der Waals surface area (Å²) in [7, 11) is 0. The molecule has 3 heterocycles. The largest absolute Gasteiger partial charge is 0.466 e. The Morgan fingerprint density at radius 2 is 2.32 bits per heavy atom. The van der Waals surface area contributed by atoms with Crippen LogP contribution in [0.2, 0.25) is 0 Å². The smallest absolute Gasteiger partial charge is 0.310 e. The maximum absolute atomic E-state index is 12.0. The Labute approximate surface area is 148 Å². The van der Waals surface area contributed by atoms with E-state index in [1.54, 1.807) is 0 Å². The van der Waals surface area contributed by atoms with Crippen molar-refractivity contribution in [2.45, 2.75) is 38.7 Å². The zero-order chi connectivity index (χ0) is 17.6. The molecule has 138 valence electrons. The van der Waals surface area contributed by atoms with Crippen LogP contribution in [0.3, 0.4) is 0 Å². The van der Waals surface area contributed by atoms with E-state index in [9.17, 15) is 4.79 Å². The molecule has 2 unspecified atom stereocenters. The summed E-state index contributed by atoms with van der Waals surface area (Å²) in [5, 5.41) is 3.27. The number of carbonyl (C=O) groups is 1. The number of ether oxygens (including phenoxy) is 2. The zero-order valence-electron chi connectivity index (χ0n) is 14.7. The summed E-state index contributed by atoms with van der Waals surface area (Å²) in [6, 6.07) is 0. The van der Waals surface area contributed by atoms with Gasteiger partial charge in [-0.2, -0.15) is 0 Å². The van der Waals surface area contributed by atoms with Gasteiger partial charge in [0, 0.05) is 26.2 Å². The highest BCUT2D eigenvalue weighted by Crippen LogP contribution is 2.30. The van der Waals surface area contributed by atoms with Gasteiger partial charge < -0.3 is 25.4 Å². The van der Waals surface area contributed by atoms with E-state index >= 15 is 0 Å². The first kappa shape index (κ1) is 17.7. The summed E-state index contributed by atoms with van der Waals surface area (Å²) in [5.41, 5.74) is 6.81. The number of nitrogens with two attached hydrogens (primary N) is 1. The van der Waals surface area contributed by atoms with E-state index in [1.165, 1.54) is 6.33 Å². The van der Waals surface area contributed by atoms with Gasteiger partial charge in [0.2, 0.25) is 0 Å². The molecule has 0 saturated carbocycles. The molecule has 0 radical (unpaired) electrons. The van der Waals surface area contributed by atoms with Gasteiger partial charge in [0.1, 0.15) is 12.0 Å². The number of piperidine rings is 1. The number of hydrogen-bond donors (Lipinski definition) is 2. The van der Waals surface area contributed by atoms with Gasteiger partial charge in [-0.1, -0.05) is 0 Å². The van der Waals surface area contributed by atoms with Crippen LogP contribution in [0.25, 0.3) is 0 Å². The van der Waals surface area contributed by atoms with Crippen molar-refractivity contribution in [3.05, 3.63) is 6.33 Å². The number of anilines is 3. The molecule has 3 N–H and O–H groups in total. The standard InChI is InChI=1S/C17H27N5O3/c1-2-24-17(23)12-5-3-7-22(10-12)16-14(18)15(20-11-21-16)19-9-13-6-4-8-25-13/h11-13H,2-10,18H2,1H3,(H,19,20,21). The molecule has 8 nitrogen and oxygen atoms in total. The average molecular weight is 349 g/mol. The van der Waals surface area contributed by atoms with Crippen molar-refractivity contribution in [3.8, 4) is 0 Å². The number of rotatable bonds is 6. The molecule has 0 amide bonds. The van der Waals surface area contributed by atoms with E-state index in [4.69, 9.17) is 15.2 Å². The summed E-state index contributed by atoms with van der Waals surface area (Å²) in [6.45, 7) is 5.13. The lowest BCUT2D eigenvalue weighted by Gasteiger charge is -2.33. The highest BCUT2D eigenvalue weighted by molar-refractivity contribution is 5.77. The summed E-state index contributed by atoms with van der Waals surface area (Å²) >= 11 is 0. The molecule has 0 spiro atoms. The van der Waals surface area contributed by atoms with E-state index in [2.05, 4.69) is 20.2 Å². The van der Waals surface area contributed by atoms with Gasteiger partial charge in [-0.05, 0) is 32.6 Å². The van der Waals surface area contributed by atoms with Gasteiger partial charge in [0.05, 0.1) is 18.6 Å². The summed E-state index contributed by atoms with van der Waals surface area (Å²) in [4.78, 5) is 22.7. The third kappa shape index (κ3) is 4.31. The number of nitrogens with zero attached hydrogens (tertiary/aromatic N) is 3. The number of esters is 1. The fraction of sp³-hybridized carbons (Fsp3) is 0.706. The molecule has 3 rings (SSSR count). The Balaban J connectivity index is 1.66. The van der Waals surface area contributed by atoms with Crippen LogP contribution < -0.4 is 16.0 Å². The number of carbonyl (C=O) groups excluding carboxylic acids is 1. The minimum atomic E-state index is -0.142. The highest BCUT2D eigenvalue weighted by Gasteiger charge is 2.29. The first-order valence-electron chi connectivity index (χ1n) is 9.06. The molecule has 0 aromatic carbocycles. The summed E-state index contributed by atoms with van der Waals surface area (Å²) < 4.78 is 10.8. The fourth-order valence-corrected chi connectivity index (χ4v) is 3.42. The van der Waals surface area contributed by atoms with Crippen LogP contribution in [0.4, 0.5) is 17.3 Å². The number of hydrogen-bond acceptors (Lipinski definition) is 8. The predicted molar refractivity (Wildman–Crippen MR) is 95.5 cm³/mol. The number of aromatic nitrogens is 2. The van der Waals surface area contributed by atoms with E-state index in [1.807, 2.05) is 6.92 Å². The lowest BCUT2D eigenvalue weighted by atomic mass is 9.98. The quantitative estimate of drug-likeness (QED) is 0.744. The van der Waals surface area contributed by atoms with Crippen LogP contribution in [0, 0.1) is 5.92 Å². The molecule has 2 fully saturated rings. The van der Waals surface area contributed by atoms with Crippen LogP contribution in [-0.4, -0.2) is 54.9 Å². The molecule has 2 aliphatic rings. The molecule has 2 atom stereocenters. The minimum Gasteiger partial charge on any atom is -0.466 e. The second-order valence-corrected chi connectivity index (χ2v) is 6.51. The third-order valence-electron chi connectivity index (χ3n) is 4.72. The van der Waals surface area contributed by atoms with Gasteiger partial charge in [0.25, 0.3) is 0 Å². The molecule has 1 aromatic heterocycles. The second-order valence-electron chi connectivity index (χ2n) is 6.51. The molecule has 2 saturated heterocycles. The van der Waals surface area contributed by atoms with Crippen LogP contribution in [0.1, 0.15) is 32.6 Å². The van der Waals surface area contributed by atoms with E-state index in [0.717, 1.165) is 38.8 Å². The van der Waals surface area contributed by atoms with Crippen molar-refractivity contribution >= 4 is 23.3 Å². The van der Waals surface area contributed by atoms with Crippen molar-refractivity contribution in [1.29, 1.82) is 0 Å². The summed E-state index contributed by atoms with van der Waals surface area (Å²) in [6.07, 6.45) is 5.62. The molecule has 25 heavy (non-hydrogen) atoms. The van der Waals surface area contributed by atoms with E-state index in [0.29, 0.717) is 37.0 Å². The van der Waals surface area contributed by atoms with Crippen LogP contribution in [-0.2, 0) is 14.3 Å². The van der Waals surface area contributed by atoms with E-state index < -0.39 is 0 Å². The topological polar surface area (TPSA) is 103 Å². The van der Waals surface area contributed by atoms with Crippen molar-refractivity contribution < 1.29 is 14.3 Å². The Kier molecular flexibility index (Phi) is 5.91. The number of nitrogen functional groups attached to an aromatic ring is 1. The first-order valence-corrected chi connectivity index (χ1v) is 9.06. The monoisotopic (exact) mass is 349 g/mol. The maximum atomic E-state index is 12.0. The Hall–Kier alpha value is -2.09. The Morgan fingerprint density at radius 1 is 1.44 bits per heavy atom. The normalized spacial score (nSPS) is 23.5. The molecule has 0 aliphatic carbocycles. The SMILES string of the molecule is CCOC(=O)C1CCCN(c2ncnc(NCC3CCCO3)c2N)C1. The molecule has 2 aliphatic heterocycles. The molecule has 8 heteroatoms. The van der Waals surface area contributed by atoms with Crippen molar-refractivity contribution in [2.24, 2.45) is 5.92 Å². The minimum absolute atomic E-state index is 0.133. The summed E-state index contributed by atoms with van der Waals surface area (Å²) in [5.74, 6) is 1.03. The molecular weight excluding hydrogens is 322 g/mol. The third-order valence-corrected chi connectivity index (χ3v) is 4.72. The lowest BCUT2D eigenvalue weighted by molar-refractivity contribution is -0.148. The van der Waals surface area contributed by atoms with Gasteiger partial charge >= 0.3 is 5.97 Å². The Bertz CT molecular complexity index is 592. The second kappa shape index (κ2) is 8.33. The van der Waals surface area contributed by atoms with E-state index in [-0.39, 0.29) is 18.0 Å². The van der Waals surface area contributed by atoms with Crippen LogP contribution >= 0.6 is 0 Å². The maximum Gasteiger partial charge on any atom is 0.310 e. The van der Waals surface area contributed by atoms with Gasteiger partial charge in [-0.15, -0.1) is 0 Å². The van der Waals surface area contributed by atoms with Gasteiger partial charge in [-0.25, -0.2) is 9.97 Å². The molecule has 1 aromatic rings. The average Bonchev–Trinajstić information content (AvgIpc) is 3.15. The van der Waals surface area contributed by atoms with Crippen molar-refractivity contribution in [1.82, 2.24) is 9.97 Å². The number of nitrogens with one attached hydrogen (secondary N) is 1. The van der Waals surface area contributed by atoms with Crippen LogP contribution in [0.5, 0.6) is 0 Å². The molecule has 0 bridgehead atoms. The zero-order valence-corrected chi connectivity index (χ0v) is 14.7. The lowest BCUT2D eigenvalue weighted by Crippen LogP contribution is -2.40. The molecular formula is C17H27N5O3. The van der Waals surface area contributed by atoms with Crippen LogP contribution in [0.15, 0.2) is 6.33 Å². The first-order chi connectivity index (χ1) is 12.2. The van der Waals surface area contributed by atoms with Crippen molar-refractivity contribution in [3.63, 3.8) is 0 Å². The predicted octanol–water partition coefficient (Wildman–Crippen LogP) is 1.43. The fourth-order valence-electron chi connectivity index (χ4n) is 3.42. The highest BCUT2D eigenvalue weighted by atomic mass is 16.5. The van der Waals surface area contributed by atoms with Crippen molar-refractivity contribution in [2.75, 3.05) is 48.8 Å². The van der Waals surface area contributed by atoms with Gasteiger partial charge in [-0.3, -0.25) is 4.79 Å². The Morgan fingerprint density at radius 3 is 3.08 bits per heavy atom. The van der Waals surface area contributed by atoms with Gasteiger partial charge in [0.15, 0.2) is 11.6 Å².